The molecular formula is C13H25NO4. The number of carbonyl (C=O) groups is 2. The molecule has 0 aliphatic carbocycles. The summed E-state index contributed by atoms with van der Waals surface area (Å²) in [5, 5.41) is 9.35. The largest absolute Gasteiger partial charge is 0.469 e. The lowest BCUT2D eigenvalue weighted by molar-refractivity contribution is -0.144. The summed E-state index contributed by atoms with van der Waals surface area (Å²) in [5.74, 6) is -0.378. The minimum absolute atomic E-state index is 0.0280. The van der Waals surface area contributed by atoms with Crippen molar-refractivity contribution in [1.29, 1.82) is 0 Å². The van der Waals surface area contributed by atoms with Crippen LogP contribution in [0.15, 0.2) is 0 Å². The van der Waals surface area contributed by atoms with Crippen molar-refractivity contribution < 1.29 is 19.4 Å². The van der Waals surface area contributed by atoms with Crippen molar-refractivity contribution in [1.82, 2.24) is 4.90 Å². The van der Waals surface area contributed by atoms with E-state index >= 15 is 0 Å². The van der Waals surface area contributed by atoms with E-state index in [1.807, 2.05) is 6.92 Å². The van der Waals surface area contributed by atoms with Crippen molar-refractivity contribution in [2.24, 2.45) is 0 Å². The SMILES string of the molecule is CCCCC(=O)N(CCC(=O)OC)C(C)(C)CO. The van der Waals surface area contributed by atoms with Crippen LogP contribution in [0.3, 0.4) is 0 Å². The van der Waals surface area contributed by atoms with Crippen molar-refractivity contribution in [2.45, 2.75) is 52.0 Å². The molecule has 0 spiro atoms. The molecular weight excluding hydrogens is 234 g/mol. The van der Waals surface area contributed by atoms with Gasteiger partial charge in [0.1, 0.15) is 0 Å². The van der Waals surface area contributed by atoms with Gasteiger partial charge >= 0.3 is 5.97 Å². The second-order valence-electron chi connectivity index (χ2n) is 4.95. The van der Waals surface area contributed by atoms with Crippen LogP contribution in [-0.2, 0) is 14.3 Å². The summed E-state index contributed by atoms with van der Waals surface area (Å²) in [6.07, 6.45) is 2.35. The molecule has 1 N–H and O–H groups in total. The minimum Gasteiger partial charge on any atom is -0.469 e. The topological polar surface area (TPSA) is 66.8 Å². The van der Waals surface area contributed by atoms with Gasteiger partial charge < -0.3 is 14.7 Å². The van der Waals surface area contributed by atoms with Gasteiger partial charge in [0.2, 0.25) is 5.91 Å². The van der Waals surface area contributed by atoms with Crippen LogP contribution in [0.2, 0.25) is 0 Å². The Morgan fingerprint density at radius 3 is 2.33 bits per heavy atom. The maximum Gasteiger partial charge on any atom is 0.307 e. The van der Waals surface area contributed by atoms with Crippen LogP contribution in [0.5, 0.6) is 0 Å². The van der Waals surface area contributed by atoms with Gasteiger partial charge in [-0.3, -0.25) is 9.59 Å². The molecule has 5 nitrogen and oxygen atoms in total. The Balaban J connectivity index is 4.62. The Bertz CT molecular complexity index is 276. The number of ether oxygens (including phenoxy) is 1. The van der Waals surface area contributed by atoms with E-state index in [0.29, 0.717) is 6.42 Å². The standard InChI is InChI=1S/C13H25NO4/c1-5-6-7-11(16)14(13(2,3)10-15)9-8-12(17)18-4/h15H,5-10H2,1-4H3. The molecule has 0 rings (SSSR count). The van der Waals surface area contributed by atoms with Crippen LogP contribution in [0.1, 0.15) is 46.5 Å². The summed E-state index contributed by atoms with van der Waals surface area (Å²) in [7, 11) is 1.32. The fourth-order valence-corrected chi connectivity index (χ4v) is 1.62. The Labute approximate surface area is 109 Å². The van der Waals surface area contributed by atoms with Gasteiger partial charge in [0.15, 0.2) is 0 Å². The molecule has 0 aromatic heterocycles. The maximum absolute atomic E-state index is 12.1. The average molecular weight is 259 g/mol. The van der Waals surface area contributed by atoms with Crippen LogP contribution >= 0.6 is 0 Å². The van der Waals surface area contributed by atoms with Crippen molar-refractivity contribution in [3.8, 4) is 0 Å². The highest BCUT2D eigenvalue weighted by molar-refractivity contribution is 5.78. The molecule has 0 saturated carbocycles. The molecule has 1 amide bonds. The van der Waals surface area contributed by atoms with Gasteiger partial charge in [0.05, 0.1) is 25.7 Å². The third kappa shape index (κ3) is 5.49. The van der Waals surface area contributed by atoms with Crippen LogP contribution < -0.4 is 0 Å². The first-order chi connectivity index (χ1) is 8.38. The lowest BCUT2D eigenvalue weighted by Crippen LogP contribution is -2.51. The Hall–Kier alpha value is -1.10. The smallest absolute Gasteiger partial charge is 0.307 e. The normalized spacial score (nSPS) is 11.2. The quantitative estimate of drug-likeness (QED) is 0.668. The molecule has 0 unspecified atom stereocenters. The zero-order valence-electron chi connectivity index (χ0n) is 11.9. The fraction of sp³-hybridized carbons (Fsp3) is 0.846. The van der Waals surface area contributed by atoms with Gasteiger partial charge in [-0.15, -0.1) is 0 Å². The predicted octanol–water partition coefficient (Wildman–Crippen LogP) is 1.34. The predicted molar refractivity (Wildman–Crippen MR) is 69.0 cm³/mol. The number of esters is 1. The van der Waals surface area contributed by atoms with Crippen molar-refractivity contribution >= 4 is 11.9 Å². The van der Waals surface area contributed by atoms with E-state index in [-0.39, 0.29) is 31.4 Å². The molecule has 0 saturated heterocycles. The highest BCUT2D eigenvalue weighted by Crippen LogP contribution is 2.17. The molecule has 0 aromatic carbocycles. The van der Waals surface area contributed by atoms with E-state index in [4.69, 9.17) is 0 Å². The van der Waals surface area contributed by atoms with E-state index in [9.17, 15) is 14.7 Å². The van der Waals surface area contributed by atoms with Crippen molar-refractivity contribution in [3.63, 3.8) is 0 Å². The van der Waals surface area contributed by atoms with Crippen LogP contribution in [0.25, 0.3) is 0 Å². The molecule has 0 radical (unpaired) electrons. The molecule has 0 bridgehead atoms. The van der Waals surface area contributed by atoms with Crippen LogP contribution in [-0.4, -0.2) is 47.7 Å². The maximum atomic E-state index is 12.1. The van der Waals surface area contributed by atoms with E-state index in [1.165, 1.54) is 7.11 Å². The fourth-order valence-electron chi connectivity index (χ4n) is 1.62. The van der Waals surface area contributed by atoms with Crippen LogP contribution in [0, 0.1) is 0 Å². The van der Waals surface area contributed by atoms with E-state index in [0.717, 1.165) is 12.8 Å². The molecule has 0 aliphatic rings. The second-order valence-corrected chi connectivity index (χ2v) is 4.95. The zero-order chi connectivity index (χ0) is 14.2. The molecule has 18 heavy (non-hydrogen) atoms. The molecule has 0 atom stereocenters. The monoisotopic (exact) mass is 259 g/mol. The van der Waals surface area contributed by atoms with Gasteiger partial charge in [0.25, 0.3) is 0 Å². The summed E-state index contributed by atoms with van der Waals surface area (Å²) >= 11 is 0. The second kappa shape index (κ2) is 8.08. The van der Waals surface area contributed by atoms with E-state index in [1.54, 1.807) is 18.7 Å². The number of rotatable bonds is 8. The minimum atomic E-state index is -0.654. The Morgan fingerprint density at radius 2 is 1.89 bits per heavy atom. The summed E-state index contributed by atoms with van der Waals surface area (Å²) in [5.41, 5.74) is -0.654. The number of unbranched alkanes of at least 4 members (excludes halogenated alkanes) is 1. The number of aliphatic hydroxyl groups excluding tert-OH is 1. The van der Waals surface area contributed by atoms with E-state index < -0.39 is 5.54 Å². The van der Waals surface area contributed by atoms with Gasteiger partial charge in [-0.05, 0) is 20.3 Å². The highest BCUT2D eigenvalue weighted by Gasteiger charge is 2.30. The molecule has 0 aliphatic heterocycles. The number of hydrogen-bond donors (Lipinski definition) is 1. The number of amides is 1. The third-order valence-corrected chi connectivity index (χ3v) is 2.93. The molecule has 0 aromatic rings. The number of hydrogen-bond acceptors (Lipinski definition) is 4. The van der Waals surface area contributed by atoms with E-state index in [2.05, 4.69) is 4.74 Å². The lowest BCUT2D eigenvalue weighted by Gasteiger charge is -2.37. The first-order valence-electron chi connectivity index (χ1n) is 6.37. The lowest BCUT2D eigenvalue weighted by atomic mass is 10.0. The molecule has 0 heterocycles. The van der Waals surface area contributed by atoms with Crippen molar-refractivity contribution in [2.75, 3.05) is 20.3 Å². The summed E-state index contributed by atoms with van der Waals surface area (Å²) < 4.78 is 4.57. The number of methoxy groups -OCH3 is 1. The van der Waals surface area contributed by atoms with Gasteiger partial charge in [-0.2, -0.15) is 0 Å². The number of carbonyl (C=O) groups excluding carboxylic acids is 2. The number of aliphatic hydroxyl groups is 1. The summed E-state index contributed by atoms with van der Waals surface area (Å²) in [6, 6.07) is 0. The third-order valence-electron chi connectivity index (χ3n) is 2.93. The van der Waals surface area contributed by atoms with Crippen LogP contribution in [0.4, 0.5) is 0 Å². The molecule has 106 valence electrons. The van der Waals surface area contributed by atoms with Crippen molar-refractivity contribution in [3.05, 3.63) is 0 Å². The summed E-state index contributed by atoms with van der Waals surface area (Å²) in [6.45, 7) is 5.74. The van der Waals surface area contributed by atoms with Gasteiger partial charge in [0, 0.05) is 13.0 Å². The van der Waals surface area contributed by atoms with Gasteiger partial charge in [-0.1, -0.05) is 13.3 Å². The molecule has 5 heteroatoms. The first-order valence-corrected chi connectivity index (χ1v) is 6.37. The average Bonchev–Trinajstić information content (AvgIpc) is 2.35. The zero-order valence-corrected chi connectivity index (χ0v) is 11.9. The Kier molecular flexibility index (Phi) is 7.59. The highest BCUT2D eigenvalue weighted by atomic mass is 16.5. The first kappa shape index (κ1) is 16.9. The van der Waals surface area contributed by atoms with Gasteiger partial charge in [-0.25, -0.2) is 0 Å². The number of nitrogens with zero attached hydrogens (tertiary/aromatic N) is 1. The Morgan fingerprint density at radius 1 is 1.28 bits per heavy atom. The molecule has 0 fully saturated rings. The summed E-state index contributed by atoms with van der Waals surface area (Å²) in [4.78, 5) is 24.8.